The number of hydrogen-bond acceptors (Lipinski definition) is 6. The van der Waals surface area contributed by atoms with Gasteiger partial charge in [-0.25, -0.2) is 9.97 Å². The topological polar surface area (TPSA) is 54.9 Å². The SMILES string of the molecule is CCSc1ncc2c(n1)NC(=O)C2=Cc1sc2scc(C)c2c1C. The van der Waals surface area contributed by atoms with Gasteiger partial charge in [0.15, 0.2) is 5.16 Å². The van der Waals surface area contributed by atoms with E-state index in [0.717, 1.165) is 16.2 Å². The highest BCUT2D eigenvalue weighted by molar-refractivity contribution is 7.99. The minimum atomic E-state index is -0.106. The highest BCUT2D eigenvalue weighted by atomic mass is 32.2. The molecule has 0 spiro atoms. The van der Waals surface area contributed by atoms with Crippen LogP contribution >= 0.6 is 34.4 Å². The molecule has 0 unspecified atom stereocenters. The molecule has 0 radical (unpaired) electrons. The number of thiophene rings is 2. The molecule has 0 aliphatic carbocycles. The van der Waals surface area contributed by atoms with Crippen LogP contribution in [0.1, 0.15) is 28.5 Å². The zero-order valence-corrected chi connectivity index (χ0v) is 15.9. The van der Waals surface area contributed by atoms with Gasteiger partial charge in [0.2, 0.25) is 0 Å². The Morgan fingerprint density at radius 2 is 2.21 bits per heavy atom. The van der Waals surface area contributed by atoms with Crippen LogP contribution in [0.5, 0.6) is 0 Å². The maximum absolute atomic E-state index is 12.4. The Hall–Kier alpha value is -1.70. The van der Waals surface area contributed by atoms with E-state index in [1.54, 1.807) is 40.6 Å². The summed E-state index contributed by atoms with van der Waals surface area (Å²) in [6.45, 7) is 6.31. The normalized spacial score (nSPS) is 15.3. The van der Waals surface area contributed by atoms with Gasteiger partial charge < -0.3 is 5.32 Å². The van der Waals surface area contributed by atoms with Gasteiger partial charge in [0.1, 0.15) is 5.82 Å². The fourth-order valence-corrected chi connectivity index (χ4v) is 5.84. The van der Waals surface area contributed by atoms with Crippen LogP contribution < -0.4 is 5.32 Å². The van der Waals surface area contributed by atoms with Crippen LogP contribution in [0.3, 0.4) is 0 Å². The first-order valence-electron chi connectivity index (χ1n) is 7.59. The van der Waals surface area contributed by atoms with E-state index in [0.29, 0.717) is 16.5 Å². The second-order valence-corrected chi connectivity index (χ2v) is 8.95. The van der Waals surface area contributed by atoms with Gasteiger partial charge in [0.25, 0.3) is 5.91 Å². The van der Waals surface area contributed by atoms with E-state index < -0.39 is 0 Å². The van der Waals surface area contributed by atoms with Crippen molar-refractivity contribution >= 4 is 67.2 Å². The number of amides is 1. The van der Waals surface area contributed by atoms with Gasteiger partial charge in [-0.2, -0.15) is 0 Å². The molecule has 1 N–H and O–H groups in total. The number of fused-ring (bicyclic) bond motifs is 2. The number of carbonyl (C=O) groups is 1. The predicted molar refractivity (Wildman–Crippen MR) is 104 cm³/mol. The quantitative estimate of drug-likeness (QED) is 0.400. The highest BCUT2D eigenvalue weighted by Gasteiger charge is 2.27. The summed E-state index contributed by atoms with van der Waals surface area (Å²) < 4.78 is 1.31. The molecule has 0 atom stereocenters. The molecule has 4 rings (SSSR count). The van der Waals surface area contributed by atoms with Crippen molar-refractivity contribution in [1.29, 1.82) is 0 Å². The first kappa shape index (κ1) is 15.8. The second-order valence-electron chi connectivity index (χ2n) is 5.53. The average Bonchev–Trinajstić information content (AvgIpc) is 3.16. The zero-order valence-electron chi connectivity index (χ0n) is 13.5. The smallest absolute Gasteiger partial charge is 0.257 e. The molecule has 0 saturated heterocycles. The third-order valence-electron chi connectivity index (χ3n) is 3.97. The van der Waals surface area contributed by atoms with Gasteiger partial charge in [0.05, 0.1) is 9.59 Å². The molecule has 0 aromatic carbocycles. The lowest BCUT2D eigenvalue weighted by Crippen LogP contribution is -2.04. The number of aryl methyl sites for hydroxylation is 2. The molecular formula is C17H15N3OS3. The number of thioether (sulfide) groups is 1. The van der Waals surface area contributed by atoms with Gasteiger partial charge in [-0.3, -0.25) is 4.79 Å². The summed E-state index contributed by atoms with van der Waals surface area (Å²) in [5.74, 6) is 1.41. The fourth-order valence-electron chi connectivity index (χ4n) is 2.81. The summed E-state index contributed by atoms with van der Waals surface area (Å²) in [4.78, 5) is 22.3. The molecule has 0 saturated carbocycles. The molecule has 1 aliphatic rings. The van der Waals surface area contributed by atoms with Crippen molar-refractivity contribution in [3.8, 4) is 0 Å². The van der Waals surface area contributed by atoms with E-state index >= 15 is 0 Å². The average molecular weight is 374 g/mol. The number of aromatic nitrogens is 2. The number of nitrogens with zero attached hydrogens (tertiary/aromatic N) is 2. The Morgan fingerprint density at radius 1 is 1.38 bits per heavy atom. The van der Waals surface area contributed by atoms with Crippen molar-refractivity contribution in [1.82, 2.24) is 9.97 Å². The standard InChI is InChI=1S/C17H15N3OS3/c1-4-22-17-18-6-11-10(15(21)19-14(11)20-17)5-12-9(3)13-8(2)7-23-16(13)24-12/h5-7H,4H2,1-3H3,(H,18,19,20,21). The number of carbonyl (C=O) groups excluding carboxylic acids is 1. The lowest BCUT2D eigenvalue weighted by Gasteiger charge is -2.00. The van der Waals surface area contributed by atoms with Crippen LogP contribution in [-0.4, -0.2) is 21.6 Å². The van der Waals surface area contributed by atoms with Crippen LogP contribution in [0.4, 0.5) is 5.82 Å². The monoisotopic (exact) mass is 373 g/mol. The Morgan fingerprint density at radius 3 is 2.96 bits per heavy atom. The third kappa shape index (κ3) is 2.47. The third-order valence-corrected chi connectivity index (χ3v) is 7.18. The van der Waals surface area contributed by atoms with Crippen molar-refractivity contribution in [2.24, 2.45) is 0 Å². The summed E-state index contributed by atoms with van der Waals surface area (Å²) in [5, 5.41) is 7.06. The molecule has 1 amide bonds. The van der Waals surface area contributed by atoms with Gasteiger partial charge in [-0.05, 0) is 42.2 Å². The molecule has 0 bridgehead atoms. The van der Waals surface area contributed by atoms with E-state index in [-0.39, 0.29) is 5.91 Å². The number of anilines is 1. The minimum Gasteiger partial charge on any atom is -0.306 e. The van der Waals surface area contributed by atoms with Crippen molar-refractivity contribution in [3.63, 3.8) is 0 Å². The molecular weight excluding hydrogens is 358 g/mol. The molecule has 4 nitrogen and oxygen atoms in total. The second kappa shape index (κ2) is 5.98. The van der Waals surface area contributed by atoms with Crippen molar-refractivity contribution in [3.05, 3.63) is 33.1 Å². The molecule has 3 aromatic heterocycles. The first-order chi connectivity index (χ1) is 11.6. The fraction of sp³-hybridized carbons (Fsp3) is 0.235. The largest absolute Gasteiger partial charge is 0.306 e. The molecule has 4 heterocycles. The number of hydrogen-bond donors (Lipinski definition) is 1. The maximum atomic E-state index is 12.4. The minimum absolute atomic E-state index is 0.106. The van der Waals surface area contributed by atoms with Gasteiger partial charge in [-0.15, -0.1) is 22.7 Å². The number of nitrogens with one attached hydrogen (secondary N) is 1. The Kier molecular flexibility index (Phi) is 3.94. The first-order valence-corrected chi connectivity index (χ1v) is 10.3. The van der Waals surface area contributed by atoms with Crippen molar-refractivity contribution < 1.29 is 4.79 Å². The van der Waals surface area contributed by atoms with E-state index in [9.17, 15) is 4.79 Å². The molecule has 122 valence electrons. The molecule has 7 heteroatoms. The van der Waals surface area contributed by atoms with Crippen LogP contribution in [0.15, 0.2) is 16.7 Å². The van der Waals surface area contributed by atoms with Gasteiger partial charge in [-0.1, -0.05) is 18.7 Å². The molecule has 24 heavy (non-hydrogen) atoms. The molecule has 3 aromatic rings. The zero-order chi connectivity index (χ0) is 16.8. The van der Waals surface area contributed by atoms with E-state index in [1.165, 1.54) is 20.5 Å². The lowest BCUT2D eigenvalue weighted by atomic mass is 10.1. The summed E-state index contributed by atoms with van der Waals surface area (Å²) >= 11 is 5.07. The molecule has 0 fully saturated rings. The number of rotatable bonds is 3. The maximum Gasteiger partial charge on any atom is 0.257 e. The van der Waals surface area contributed by atoms with Crippen molar-refractivity contribution in [2.75, 3.05) is 11.1 Å². The molecule has 1 aliphatic heterocycles. The summed E-state index contributed by atoms with van der Waals surface area (Å²) in [6, 6.07) is 0. The Balaban J connectivity index is 1.80. The summed E-state index contributed by atoms with van der Waals surface area (Å²) in [5.41, 5.74) is 3.97. The summed E-state index contributed by atoms with van der Waals surface area (Å²) in [7, 11) is 0. The Bertz CT molecular complexity index is 1000. The van der Waals surface area contributed by atoms with E-state index in [4.69, 9.17) is 0 Å². The van der Waals surface area contributed by atoms with Crippen LogP contribution in [0.25, 0.3) is 21.0 Å². The Labute approximate surface area is 152 Å². The van der Waals surface area contributed by atoms with Gasteiger partial charge >= 0.3 is 0 Å². The van der Waals surface area contributed by atoms with E-state index in [1.807, 2.05) is 6.08 Å². The van der Waals surface area contributed by atoms with E-state index in [2.05, 4.69) is 41.4 Å². The highest BCUT2D eigenvalue weighted by Crippen LogP contribution is 2.40. The summed E-state index contributed by atoms with van der Waals surface area (Å²) in [6.07, 6.45) is 3.73. The van der Waals surface area contributed by atoms with Crippen molar-refractivity contribution in [2.45, 2.75) is 25.9 Å². The lowest BCUT2D eigenvalue weighted by molar-refractivity contribution is -0.110. The van der Waals surface area contributed by atoms with Crippen LogP contribution in [0, 0.1) is 13.8 Å². The van der Waals surface area contributed by atoms with Gasteiger partial charge in [0, 0.05) is 22.0 Å². The predicted octanol–water partition coefficient (Wildman–Crippen LogP) is 4.97. The van der Waals surface area contributed by atoms with Crippen LogP contribution in [-0.2, 0) is 4.79 Å². The van der Waals surface area contributed by atoms with Crippen LogP contribution in [0.2, 0.25) is 0 Å².